The third-order valence-electron chi connectivity index (χ3n) is 5.38. The van der Waals surface area contributed by atoms with Crippen molar-refractivity contribution in [3.05, 3.63) is 90.1 Å². The molecule has 0 spiro atoms. The van der Waals surface area contributed by atoms with E-state index in [4.69, 9.17) is 0 Å². The topological polar surface area (TPSA) is 48.4 Å². The fraction of sp³-hybridized carbons (Fsp3) is 0.192. The average molecular weight is 380 g/mol. The van der Waals surface area contributed by atoms with Crippen molar-refractivity contribution in [3.8, 4) is 28.5 Å². The van der Waals surface area contributed by atoms with E-state index in [0.29, 0.717) is 12.0 Å². The Hall–Kier alpha value is -3.35. The van der Waals surface area contributed by atoms with E-state index < -0.39 is 6.10 Å². The van der Waals surface area contributed by atoms with Crippen LogP contribution in [0.1, 0.15) is 43.4 Å². The van der Waals surface area contributed by atoms with Gasteiger partial charge in [-0.1, -0.05) is 80.4 Å². The van der Waals surface area contributed by atoms with Crippen molar-refractivity contribution >= 4 is 5.52 Å². The highest BCUT2D eigenvalue weighted by molar-refractivity contribution is 5.91. The first-order chi connectivity index (χ1) is 14.2. The third kappa shape index (κ3) is 3.55. The van der Waals surface area contributed by atoms with E-state index >= 15 is 0 Å². The molecule has 2 aromatic carbocycles. The standard InChI is InChI=1S/C26H24N2O/c1-2-3-14-23(29)25-22-17-19(18-27)15-16-28(22)26(21-12-8-5-9-13-21)24(25)20-10-6-4-7-11-20/h4-13,15-17,23,29H,2-3,14H2,1H3. The van der Waals surface area contributed by atoms with Gasteiger partial charge < -0.3 is 9.51 Å². The Morgan fingerprint density at radius 3 is 2.24 bits per heavy atom. The lowest BCUT2D eigenvalue weighted by atomic mass is 9.93. The van der Waals surface area contributed by atoms with Crippen molar-refractivity contribution in [2.75, 3.05) is 0 Å². The lowest BCUT2D eigenvalue weighted by Crippen LogP contribution is -1.99. The quantitative estimate of drug-likeness (QED) is 0.422. The Balaban J connectivity index is 2.10. The SMILES string of the molecule is CCCCC(O)c1c(-c2ccccc2)c(-c2ccccc2)n2ccc(C#N)cc12. The predicted octanol–water partition coefficient (Wildman–Crippen LogP) is 6.37. The predicted molar refractivity (Wildman–Crippen MR) is 117 cm³/mol. The number of aliphatic hydroxyl groups excluding tert-OH is 1. The molecule has 0 aliphatic heterocycles. The lowest BCUT2D eigenvalue weighted by molar-refractivity contribution is 0.166. The number of aromatic nitrogens is 1. The van der Waals surface area contributed by atoms with E-state index in [9.17, 15) is 10.4 Å². The summed E-state index contributed by atoms with van der Waals surface area (Å²) >= 11 is 0. The molecule has 0 radical (unpaired) electrons. The zero-order valence-electron chi connectivity index (χ0n) is 16.5. The molecule has 1 unspecified atom stereocenters. The van der Waals surface area contributed by atoms with Gasteiger partial charge in [-0.15, -0.1) is 0 Å². The number of aliphatic hydroxyl groups is 1. The van der Waals surface area contributed by atoms with Crippen LogP contribution in [0.4, 0.5) is 0 Å². The lowest BCUT2D eigenvalue weighted by Gasteiger charge is -2.14. The number of nitrogens with zero attached hydrogens (tertiary/aromatic N) is 2. The Labute approximate surface area is 171 Å². The zero-order valence-corrected chi connectivity index (χ0v) is 16.5. The molecule has 0 saturated carbocycles. The fourth-order valence-corrected chi connectivity index (χ4v) is 4.00. The smallest absolute Gasteiger partial charge is 0.0992 e. The average Bonchev–Trinajstić information content (AvgIpc) is 3.13. The maximum absolute atomic E-state index is 11.2. The Morgan fingerprint density at radius 1 is 0.966 bits per heavy atom. The number of benzene rings is 2. The minimum absolute atomic E-state index is 0.591. The second kappa shape index (κ2) is 8.34. The molecule has 3 heteroatoms. The Morgan fingerprint density at radius 2 is 1.62 bits per heavy atom. The van der Waals surface area contributed by atoms with E-state index in [2.05, 4.69) is 41.7 Å². The summed E-state index contributed by atoms with van der Waals surface area (Å²) in [7, 11) is 0. The molecular weight excluding hydrogens is 356 g/mol. The number of hydrogen-bond acceptors (Lipinski definition) is 2. The highest BCUT2D eigenvalue weighted by Crippen LogP contribution is 2.43. The summed E-state index contributed by atoms with van der Waals surface area (Å²) in [6.07, 6.45) is 4.02. The first-order valence-corrected chi connectivity index (χ1v) is 10.1. The van der Waals surface area contributed by atoms with Crippen molar-refractivity contribution in [3.63, 3.8) is 0 Å². The van der Waals surface area contributed by atoms with Crippen LogP contribution in [-0.2, 0) is 0 Å². The maximum atomic E-state index is 11.2. The normalized spacial score (nSPS) is 12.0. The molecule has 3 nitrogen and oxygen atoms in total. The van der Waals surface area contributed by atoms with Crippen LogP contribution in [0.2, 0.25) is 0 Å². The van der Waals surface area contributed by atoms with Crippen LogP contribution in [0.25, 0.3) is 27.9 Å². The van der Waals surface area contributed by atoms with Gasteiger partial charge in [0.1, 0.15) is 0 Å². The number of unbranched alkanes of at least 4 members (excludes halogenated alkanes) is 1. The van der Waals surface area contributed by atoms with Crippen LogP contribution >= 0.6 is 0 Å². The molecule has 2 heterocycles. The van der Waals surface area contributed by atoms with Gasteiger partial charge in [0.2, 0.25) is 0 Å². The van der Waals surface area contributed by atoms with E-state index in [1.165, 1.54) is 0 Å². The molecule has 144 valence electrons. The summed E-state index contributed by atoms with van der Waals surface area (Å²) in [6.45, 7) is 2.13. The van der Waals surface area contributed by atoms with Crippen molar-refractivity contribution in [2.45, 2.75) is 32.3 Å². The van der Waals surface area contributed by atoms with Crippen molar-refractivity contribution in [1.82, 2.24) is 4.40 Å². The summed E-state index contributed by atoms with van der Waals surface area (Å²) < 4.78 is 2.11. The van der Waals surface area contributed by atoms with Gasteiger partial charge in [0.15, 0.2) is 0 Å². The van der Waals surface area contributed by atoms with Crippen LogP contribution in [0.5, 0.6) is 0 Å². The van der Waals surface area contributed by atoms with Crippen LogP contribution in [0, 0.1) is 11.3 Å². The van der Waals surface area contributed by atoms with E-state index in [1.807, 2.05) is 54.7 Å². The van der Waals surface area contributed by atoms with Gasteiger partial charge in [-0.05, 0) is 29.7 Å². The molecule has 29 heavy (non-hydrogen) atoms. The number of pyridine rings is 1. The van der Waals surface area contributed by atoms with Crippen LogP contribution in [0.15, 0.2) is 79.0 Å². The first-order valence-electron chi connectivity index (χ1n) is 10.1. The van der Waals surface area contributed by atoms with E-state index in [1.54, 1.807) is 0 Å². The Kier molecular flexibility index (Phi) is 5.46. The van der Waals surface area contributed by atoms with Crippen molar-refractivity contribution in [1.29, 1.82) is 5.26 Å². The van der Waals surface area contributed by atoms with Crippen molar-refractivity contribution < 1.29 is 5.11 Å². The molecule has 1 N–H and O–H groups in total. The molecule has 0 amide bonds. The summed E-state index contributed by atoms with van der Waals surface area (Å²) in [4.78, 5) is 0. The van der Waals surface area contributed by atoms with Crippen LogP contribution < -0.4 is 0 Å². The Bertz CT molecular complexity index is 1150. The molecule has 0 saturated heterocycles. The minimum Gasteiger partial charge on any atom is -0.388 e. The van der Waals surface area contributed by atoms with Crippen molar-refractivity contribution in [2.24, 2.45) is 0 Å². The highest BCUT2D eigenvalue weighted by atomic mass is 16.3. The van der Waals surface area contributed by atoms with Gasteiger partial charge >= 0.3 is 0 Å². The number of hydrogen-bond donors (Lipinski definition) is 1. The number of nitriles is 1. The summed E-state index contributed by atoms with van der Waals surface area (Å²) in [5, 5.41) is 20.7. The monoisotopic (exact) mass is 380 g/mol. The molecule has 0 bridgehead atoms. The molecule has 2 aromatic heterocycles. The number of fused-ring (bicyclic) bond motifs is 1. The van der Waals surface area contributed by atoms with Crippen LogP contribution in [-0.4, -0.2) is 9.51 Å². The molecule has 4 aromatic rings. The van der Waals surface area contributed by atoms with E-state index in [0.717, 1.165) is 46.3 Å². The van der Waals surface area contributed by atoms with Crippen LogP contribution in [0.3, 0.4) is 0 Å². The van der Waals surface area contributed by atoms with Gasteiger partial charge in [-0.3, -0.25) is 0 Å². The zero-order chi connectivity index (χ0) is 20.2. The third-order valence-corrected chi connectivity index (χ3v) is 5.38. The molecule has 0 aliphatic rings. The molecule has 0 aliphatic carbocycles. The highest BCUT2D eigenvalue weighted by Gasteiger charge is 2.25. The number of rotatable bonds is 6. The molecule has 4 rings (SSSR count). The fourth-order valence-electron chi connectivity index (χ4n) is 4.00. The second-order valence-corrected chi connectivity index (χ2v) is 7.31. The van der Waals surface area contributed by atoms with Gasteiger partial charge in [-0.25, -0.2) is 0 Å². The minimum atomic E-state index is -0.591. The van der Waals surface area contributed by atoms with Gasteiger partial charge in [-0.2, -0.15) is 5.26 Å². The molecule has 0 fully saturated rings. The second-order valence-electron chi connectivity index (χ2n) is 7.31. The first kappa shape index (κ1) is 19.0. The largest absolute Gasteiger partial charge is 0.388 e. The van der Waals surface area contributed by atoms with Gasteiger partial charge in [0.25, 0.3) is 0 Å². The van der Waals surface area contributed by atoms with E-state index in [-0.39, 0.29) is 0 Å². The molecule has 1 atom stereocenters. The van der Waals surface area contributed by atoms with Gasteiger partial charge in [0, 0.05) is 17.3 Å². The maximum Gasteiger partial charge on any atom is 0.0992 e. The summed E-state index contributed by atoms with van der Waals surface area (Å²) in [6, 6.07) is 26.4. The summed E-state index contributed by atoms with van der Waals surface area (Å²) in [5.41, 5.74) is 6.63. The summed E-state index contributed by atoms with van der Waals surface area (Å²) in [5.74, 6) is 0. The molecular formula is C26H24N2O. The van der Waals surface area contributed by atoms with Gasteiger partial charge in [0.05, 0.1) is 28.9 Å².